The summed E-state index contributed by atoms with van der Waals surface area (Å²) in [5.41, 5.74) is -0.413. The van der Waals surface area contributed by atoms with Crippen LogP contribution in [0, 0.1) is 0 Å². The minimum Gasteiger partial charge on any atom is -0.477 e. The second-order valence-corrected chi connectivity index (χ2v) is 6.90. The van der Waals surface area contributed by atoms with E-state index in [-0.39, 0.29) is 24.5 Å². The minimum atomic E-state index is -4.42. The van der Waals surface area contributed by atoms with E-state index in [1.807, 2.05) is 0 Å². The van der Waals surface area contributed by atoms with Crippen molar-refractivity contribution in [2.45, 2.75) is 50.4 Å². The lowest BCUT2D eigenvalue weighted by Crippen LogP contribution is -2.40. The number of amides is 1. The molecule has 1 aliphatic rings. The summed E-state index contributed by atoms with van der Waals surface area (Å²) in [4.78, 5) is 20.4. The molecule has 0 saturated heterocycles. The van der Waals surface area contributed by atoms with Gasteiger partial charge in [0.05, 0.1) is 19.1 Å². The molecule has 1 heterocycles. The first kappa shape index (κ1) is 20.9. The van der Waals surface area contributed by atoms with Gasteiger partial charge in [-0.15, -0.1) is 0 Å². The molecule has 2 aromatic rings. The number of aromatic nitrogens is 2. The monoisotopic (exact) mass is 409 g/mol. The summed E-state index contributed by atoms with van der Waals surface area (Å²) in [6, 6.07) is 4.81. The number of ether oxygens (including phenoxy) is 2. The molecule has 1 aromatic carbocycles. The quantitative estimate of drug-likeness (QED) is 0.790. The average molecular weight is 409 g/mol. The average Bonchev–Trinajstić information content (AvgIpc) is 2.69. The van der Waals surface area contributed by atoms with Gasteiger partial charge in [0.25, 0.3) is 11.8 Å². The van der Waals surface area contributed by atoms with Crippen LogP contribution in [-0.4, -0.2) is 35.1 Å². The second-order valence-electron chi connectivity index (χ2n) is 6.90. The lowest BCUT2D eigenvalue weighted by molar-refractivity contribution is -0.137. The highest BCUT2D eigenvalue weighted by atomic mass is 19.4. The van der Waals surface area contributed by atoms with Gasteiger partial charge in [-0.25, -0.2) is 9.97 Å². The van der Waals surface area contributed by atoms with E-state index >= 15 is 0 Å². The van der Waals surface area contributed by atoms with Crippen molar-refractivity contribution in [1.29, 1.82) is 0 Å². The van der Waals surface area contributed by atoms with E-state index in [0.717, 1.165) is 12.1 Å². The Morgan fingerprint density at radius 1 is 1.14 bits per heavy atom. The highest BCUT2D eigenvalue weighted by Gasteiger charge is 2.30. The third-order valence-corrected chi connectivity index (χ3v) is 4.76. The Morgan fingerprint density at radius 3 is 2.48 bits per heavy atom. The second kappa shape index (κ2) is 9.11. The number of nitrogens with zero attached hydrogens (tertiary/aromatic N) is 2. The summed E-state index contributed by atoms with van der Waals surface area (Å²) in [6.07, 6.45) is 1.33. The number of methoxy groups -OCH3 is 1. The van der Waals surface area contributed by atoms with Crippen molar-refractivity contribution in [2.24, 2.45) is 0 Å². The fraction of sp³-hybridized carbons (Fsp3) is 0.450. The van der Waals surface area contributed by atoms with Gasteiger partial charge in [0.2, 0.25) is 5.91 Å². The summed E-state index contributed by atoms with van der Waals surface area (Å²) >= 11 is 0. The fourth-order valence-corrected chi connectivity index (χ4v) is 3.34. The number of hydrogen-bond donors (Lipinski definition) is 1. The van der Waals surface area contributed by atoms with Gasteiger partial charge in [-0.2, -0.15) is 13.2 Å². The molecular formula is C20H22F3N3O3. The van der Waals surface area contributed by atoms with Crippen LogP contribution in [0.5, 0.6) is 11.8 Å². The van der Waals surface area contributed by atoms with E-state index in [0.29, 0.717) is 43.0 Å². The number of nitrogens with one attached hydrogen (secondary N) is 1. The molecule has 0 unspecified atom stereocenters. The minimum absolute atomic E-state index is 0.0306. The van der Waals surface area contributed by atoms with Gasteiger partial charge in [0.1, 0.15) is 6.10 Å². The Morgan fingerprint density at radius 2 is 1.83 bits per heavy atom. The molecule has 0 aliphatic heterocycles. The van der Waals surface area contributed by atoms with Gasteiger partial charge in [-0.1, -0.05) is 18.2 Å². The predicted molar refractivity (Wildman–Crippen MR) is 98.5 cm³/mol. The van der Waals surface area contributed by atoms with Crippen LogP contribution in [0.2, 0.25) is 0 Å². The Bertz CT molecular complexity index is 837. The van der Waals surface area contributed by atoms with Gasteiger partial charge < -0.3 is 14.8 Å². The van der Waals surface area contributed by atoms with Crippen molar-refractivity contribution in [1.82, 2.24) is 15.3 Å². The van der Waals surface area contributed by atoms with Crippen LogP contribution in [0.1, 0.15) is 36.8 Å². The molecule has 1 aromatic heterocycles. The highest BCUT2D eigenvalue weighted by Crippen LogP contribution is 2.30. The molecule has 0 radical (unpaired) electrons. The van der Waals surface area contributed by atoms with Gasteiger partial charge in [0, 0.05) is 18.4 Å². The predicted octanol–water partition coefficient (Wildman–Crippen LogP) is 3.55. The summed E-state index contributed by atoms with van der Waals surface area (Å²) in [7, 11) is 1.49. The zero-order chi connectivity index (χ0) is 20.9. The molecule has 0 bridgehead atoms. The summed E-state index contributed by atoms with van der Waals surface area (Å²) in [6.45, 7) is 0. The van der Waals surface area contributed by atoms with Crippen LogP contribution < -0.4 is 14.8 Å². The molecule has 1 aliphatic carbocycles. The Kier molecular flexibility index (Phi) is 6.56. The maximum Gasteiger partial charge on any atom is 0.416 e. The number of benzene rings is 1. The largest absolute Gasteiger partial charge is 0.477 e. The van der Waals surface area contributed by atoms with Crippen LogP contribution in [-0.2, 0) is 17.4 Å². The molecule has 3 rings (SSSR count). The van der Waals surface area contributed by atoms with Gasteiger partial charge in [-0.3, -0.25) is 4.79 Å². The van der Waals surface area contributed by atoms with Gasteiger partial charge >= 0.3 is 6.18 Å². The molecule has 1 fully saturated rings. The van der Waals surface area contributed by atoms with Crippen LogP contribution >= 0.6 is 0 Å². The zero-order valence-electron chi connectivity index (χ0n) is 15.9. The lowest BCUT2D eigenvalue weighted by atomic mass is 9.92. The highest BCUT2D eigenvalue weighted by molar-refractivity contribution is 5.78. The van der Waals surface area contributed by atoms with Crippen molar-refractivity contribution in [3.8, 4) is 11.8 Å². The number of carbonyl (C=O) groups excluding carboxylic acids is 1. The van der Waals surface area contributed by atoms with E-state index < -0.39 is 11.7 Å². The summed E-state index contributed by atoms with van der Waals surface area (Å²) in [5.74, 6) is 0.375. The first-order chi connectivity index (χ1) is 13.8. The Balaban J connectivity index is 1.47. The van der Waals surface area contributed by atoms with E-state index in [1.165, 1.54) is 31.6 Å². The molecule has 29 heavy (non-hydrogen) atoms. The van der Waals surface area contributed by atoms with Gasteiger partial charge in [-0.05, 0) is 37.3 Å². The first-order valence-corrected chi connectivity index (χ1v) is 9.32. The molecule has 0 atom stereocenters. The van der Waals surface area contributed by atoms with Crippen LogP contribution in [0.25, 0.3) is 0 Å². The number of alkyl halides is 3. The molecule has 6 nitrogen and oxygen atoms in total. The maximum absolute atomic E-state index is 12.8. The standard InChI is InChI=1S/C20H22F3N3O3/c1-28-18-19(25-10-9-24-18)29-16-7-5-15(6-8-16)26-17(27)12-13-3-2-4-14(11-13)20(21,22)23/h2-4,9-11,15-16H,5-8,12H2,1H3,(H,26,27). The van der Waals surface area contributed by atoms with Gasteiger partial charge in [0.15, 0.2) is 0 Å². The Hall–Kier alpha value is -2.84. The molecule has 156 valence electrons. The van der Waals surface area contributed by atoms with Crippen LogP contribution in [0.3, 0.4) is 0 Å². The third-order valence-electron chi connectivity index (χ3n) is 4.76. The molecule has 1 saturated carbocycles. The van der Waals surface area contributed by atoms with Crippen molar-refractivity contribution in [2.75, 3.05) is 7.11 Å². The number of hydrogen-bond acceptors (Lipinski definition) is 5. The van der Waals surface area contributed by atoms with Crippen molar-refractivity contribution < 1.29 is 27.4 Å². The van der Waals surface area contributed by atoms with E-state index in [4.69, 9.17) is 9.47 Å². The number of halogens is 3. The lowest BCUT2D eigenvalue weighted by Gasteiger charge is -2.29. The molecule has 9 heteroatoms. The summed E-state index contributed by atoms with van der Waals surface area (Å²) < 4.78 is 49.3. The molecule has 0 spiro atoms. The summed E-state index contributed by atoms with van der Waals surface area (Å²) in [5, 5.41) is 2.90. The van der Waals surface area contributed by atoms with Crippen LogP contribution in [0.15, 0.2) is 36.7 Å². The fourth-order valence-electron chi connectivity index (χ4n) is 3.34. The Labute approximate surface area is 166 Å². The zero-order valence-corrected chi connectivity index (χ0v) is 15.9. The molecule has 1 N–H and O–H groups in total. The normalized spacial score (nSPS) is 19.4. The topological polar surface area (TPSA) is 73.3 Å². The van der Waals surface area contributed by atoms with Crippen molar-refractivity contribution >= 4 is 5.91 Å². The first-order valence-electron chi connectivity index (χ1n) is 9.32. The van der Waals surface area contributed by atoms with Crippen LogP contribution in [0.4, 0.5) is 13.2 Å². The number of carbonyl (C=O) groups is 1. The van der Waals surface area contributed by atoms with E-state index in [2.05, 4.69) is 15.3 Å². The third kappa shape index (κ3) is 5.82. The van der Waals surface area contributed by atoms with Crippen molar-refractivity contribution in [3.05, 3.63) is 47.8 Å². The SMILES string of the molecule is COc1nccnc1OC1CCC(NC(=O)Cc2cccc(C(F)(F)F)c2)CC1. The smallest absolute Gasteiger partial charge is 0.416 e. The maximum atomic E-state index is 12.8. The molecule has 1 amide bonds. The van der Waals surface area contributed by atoms with E-state index in [1.54, 1.807) is 0 Å². The van der Waals surface area contributed by atoms with E-state index in [9.17, 15) is 18.0 Å². The number of rotatable bonds is 6. The molecular weight excluding hydrogens is 387 g/mol. The van der Waals surface area contributed by atoms with Crippen molar-refractivity contribution in [3.63, 3.8) is 0 Å².